The molecule has 0 aromatic heterocycles. The van der Waals surface area contributed by atoms with Gasteiger partial charge in [0.2, 0.25) is 0 Å². The number of methoxy groups -OCH3 is 1. The summed E-state index contributed by atoms with van der Waals surface area (Å²) in [6.45, 7) is 1.33. The van der Waals surface area contributed by atoms with Gasteiger partial charge in [0.05, 0.1) is 12.0 Å². The van der Waals surface area contributed by atoms with Gasteiger partial charge in [-0.1, -0.05) is 0 Å². The first-order chi connectivity index (χ1) is 5.24. The summed E-state index contributed by atoms with van der Waals surface area (Å²) in [5.41, 5.74) is 0. The highest BCUT2D eigenvalue weighted by atomic mass is 16.5. The molecule has 0 bridgehead atoms. The lowest BCUT2D eigenvalue weighted by Crippen LogP contribution is -2.43. The van der Waals surface area contributed by atoms with Gasteiger partial charge in [0.25, 0.3) is 0 Å². The number of rotatable bonds is 2. The molecule has 2 N–H and O–H groups in total. The molecular formula is C7H13NO3. The largest absolute Gasteiger partial charge is 0.481 e. The van der Waals surface area contributed by atoms with Crippen LogP contribution in [0.2, 0.25) is 0 Å². The van der Waals surface area contributed by atoms with Gasteiger partial charge in [0, 0.05) is 20.2 Å². The van der Waals surface area contributed by atoms with E-state index >= 15 is 0 Å². The SMILES string of the molecule is CO[C@@H]1CNC[C@H](C(=O)O)C1. The zero-order valence-electron chi connectivity index (χ0n) is 6.54. The topological polar surface area (TPSA) is 58.6 Å². The van der Waals surface area contributed by atoms with Crippen molar-refractivity contribution in [1.82, 2.24) is 5.32 Å². The monoisotopic (exact) mass is 159 g/mol. The predicted octanol–water partition coefficient (Wildman–Crippen LogP) is -0.304. The molecule has 1 aliphatic heterocycles. The van der Waals surface area contributed by atoms with Crippen LogP contribution in [0.25, 0.3) is 0 Å². The number of carbonyl (C=O) groups is 1. The van der Waals surface area contributed by atoms with E-state index in [2.05, 4.69) is 5.32 Å². The van der Waals surface area contributed by atoms with Crippen LogP contribution in [0.4, 0.5) is 0 Å². The van der Waals surface area contributed by atoms with E-state index in [4.69, 9.17) is 9.84 Å². The van der Waals surface area contributed by atoms with E-state index in [1.807, 2.05) is 0 Å². The molecular weight excluding hydrogens is 146 g/mol. The third kappa shape index (κ3) is 2.17. The Bertz CT molecular complexity index is 149. The molecule has 0 aliphatic carbocycles. The van der Waals surface area contributed by atoms with Crippen molar-refractivity contribution in [3.8, 4) is 0 Å². The van der Waals surface area contributed by atoms with E-state index < -0.39 is 5.97 Å². The first-order valence-corrected chi connectivity index (χ1v) is 3.70. The number of carboxylic acids is 1. The Morgan fingerprint density at radius 3 is 2.91 bits per heavy atom. The lowest BCUT2D eigenvalue weighted by molar-refractivity contribution is -0.143. The molecule has 64 valence electrons. The van der Waals surface area contributed by atoms with Crippen molar-refractivity contribution >= 4 is 5.97 Å². The minimum absolute atomic E-state index is 0.0600. The number of nitrogens with one attached hydrogen (secondary N) is 1. The number of hydrogen-bond acceptors (Lipinski definition) is 3. The molecule has 1 saturated heterocycles. The molecule has 1 rings (SSSR count). The zero-order chi connectivity index (χ0) is 8.27. The minimum Gasteiger partial charge on any atom is -0.481 e. The fourth-order valence-electron chi connectivity index (χ4n) is 1.27. The van der Waals surface area contributed by atoms with Crippen LogP contribution in [-0.2, 0) is 9.53 Å². The van der Waals surface area contributed by atoms with Crippen molar-refractivity contribution in [3.05, 3.63) is 0 Å². The van der Waals surface area contributed by atoms with E-state index in [9.17, 15) is 4.79 Å². The van der Waals surface area contributed by atoms with Gasteiger partial charge >= 0.3 is 5.97 Å². The maximum absolute atomic E-state index is 10.5. The van der Waals surface area contributed by atoms with Crippen molar-refractivity contribution in [2.75, 3.05) is 20.2 Å². The minimum atomic E-state index is -0.737. The number of hydrogen-bond donors (Lipinski definition) is 2. The van der Waals surface area contributed by atoms with Gasteiger partial charge in [-0.3, -0.25) is 4.79 Å². The molecule has 1 heterocycles. The number of ether oxygens (including phenoxy) is 1. The van der Waals surface area contributed by atoms with Crippen molar-refractivity contribution < 1.29 is 14.6 Å². The van der Waals surface area contributed by atoms with Gasteiger partial charge in [0.15, 0.2) is 0 Å². The highest BCUT2D eigenvalue weighted by molar-refractivity contribution is 5.70. The summed E-state index contributed by atoms with van der Waals surface area (Å²) >= 11 is 0. The van der Waals surface area contributed by atoms with Crippen molar-refractivity contribution in [2.45, 2.75) is 12.5 Å². The van der Waals surface area contributed by atoms with Crippen LogP contribution in [0.15, 0.2) is 0 Å². The van der Waals surface area contributed by atoms with Gasteiger partial charge < -0.3 is 15.2 Å². The van der Waals surface area contributed by atoms with Crippen LogP contribution in [-0.4, -0.2) is 37.4 Å². The van der Waals surface area contributed by atoms with E-state index in [0.29, 0.717) is 13.0 Å². The fraction of sp³-hybridized carbons (Fsp3) is 0.857. The van der Waals surface area contributed by atoms with Crippen LogP contribution in [0.1, 0.15) is 6.42 Å². The molecule has 1 aliphatic rings. The number of piperidine rings is 1. The van der Waals surface area contributed by atoms with E-state index in [1.54, 1.807) is 7.11 Å². The third-order valence-corrected chi connectivity index (χ3v) is 1.99. The van der Waals surface area contributed by atoms with E-state index in [0.717, 1.165) is 6.54 Å². The Kier molecular flexibility index (Phi) is 2.84. The van der Waals surface area contributed by atoms with E-state index in [-0.39, 0.29) is 12.0 Å². The smallest absolute Gasteiger partial charge is 0.307 e. The molecule has 0 aromatic rings. The normalized spacial score (nSPS) is 31.7. The molecule has 11 heavy (non-hydrogen) atoms. The maximum Gasteiger partial charge on any atom is 0.307 e. The Morgan fingerprint density at radius 2 is 2.36 bits per heavy atom. The molecule has 0 aromatic carbocycles. The lowest BCUT2D eigenvalue weighted by atomic mass is 9.98. The third-order valence-electron chi connectivity index (χ3n) is 1.99. The van der Waals surface area contributed by atoms with Crippen molar-refractivity contribution in [3.63, 3.8) is 0 Å². The molecule has 0 radical (unpaired) electrons. The Balaban J connectivity index is 2.39. The molecule has 2 atom stereocenters. The summed E-state index contributed by atoms with van der Waals surface area (Å²) in [7, 11) is 1.61. The highest BCUT2D eigenvalue weighted by Gasteiger charge is 2.26. The average molecular weight is 159 g/mol. The summed E-state index contributed by atoms with van der Waals surface area (Å²) in [6.07, 6.45) is 0.684. The van der Waals surface area contributed by atoms with Crippen LogP contribution >= 0.6 is 0 Å². The summed E-state index contributed by atoms with van der Waals surface area (Å²) in [4.78, 5) is 10.5. The molecule has 1 fully saturated rings. The summed E-state index contributed by atoms with van der Waals surface area (Å²) in [6, 6.07) is 0. The number of carboxylic acid groups (broad SMARTS) is 1. The van der Waals surface area contributed by atoms with Gasteiger partial charge in [-0.25, -0.2) is 0 Å². The average Bonchev–Trinajstić information content (AvgIpc) is 2.05. The van der Waals surface area contributed by atoms with Crippen LogP contribution in [0.5, 0.6) is 0 Å². The van der Waals surface area contributed by atoms with Gasteiger partial charge in [-0.05, 0) is 6.42 Å². The van der Waals surface area contributed by atoms with Gasteiger partial charge in [-0.15, -0.1) is 0 Å². The van der Waals surface area contributed by atoms with Crippen molar-refractivity contribution in [2.24, 2.45) is 5.92 Å². The number of aliphatic carboxylic acids is 1. The summed E-state index contributed by atoms with van der Waals surface area (Å²) in [5, 5.41) is 11.7. The van der Waals surface area contributed by atoms with Crippen LogP contribution < -0.4 is 5.32 Å². The molecule has 4 nitrogen and oxygen atoms in total. The van der Waals surface area contributed by atoms with Gasteiger partial charge in [0.1, 0.15) is 0 Å². The molecule has 0 unspecified atom stereocenters. The summed E-state index contributed by atoms with van der Waals surface area (Å²) < 4.78 is 5.05. The van der Waals surface area contributed by atoms with Gasteiger partial charge in [-0.2, -0.15) is 0 Å². The van der Waals surface area contributed by atoms with Crippen LogP contribution in [0.3, 0.4) is 0 Å². The first-order valence-electron chi connectivity index (χ1n) is 3.70. The summed E-state index contributed by atoms with van der Waals surface area (Å²) in [5.74, 6) is -1.02. The predicted molar refractivity (Wildman–Crippen MR) is 39.4 cm³/mol. The Morgan fingerprint density at radius 1 is 1.64 bits per heavy atom. The fourth-order valence-corrected chi connectivity index (χ4v) is 1.27. The zero-order valence-corrected chi connectivity index (χ0v) is 6.54. The van der Waals surface area contributed by atoms with Crippen molar-refractivity contribution in [1.29, 1.82) is 0 Å². The quantitative estimate of drug-likeness (QED) is 0.580. The maximum atomic E-state index is 10.5. The molecule has 0 spiro atoms. The highest BCUT2D eigenvalue weighted by Crippen LogP contribution is 2.12. The van der Waals surface area contributed by atoms with Crippen LogP contribution in [0, 0.1) is 5.92 Å². The molecule has 4 heteroatoms. The molecule has 0 saturated carbocycles. The second-order valence-corrected chi connectivity index (χ2v) is 2.79. The Hall–Kier alpha value is -0.610. The Labute approximate surface area is 65.5 Å². The lowest BCUT2D eigenvalue weighted by Gasteiger charge is -2.26. The first kappa shape index (κ1) is 8.49. The standard InChI is InChI=1S/C7H13NO3/c1-11-6-2-5(7(9)10)3-8-4-6/h5-6,8H,2-4H2,1H3,(H,9,10)/t5-,6+/m1/s1. The van der Waals surface area contributed by atoms with E-state index in [1.165, 1.54) is 0 Å². The second kappa shape index (κ2) is 3.69. The molecule has 0 amide bonds. The second-order valence-electron chi connectivity index (χ2n) is 2.79.